The number of para-hydroxylation sites is 1. The number of carbonyl (C=O) groups excluding carboxylic acids is 3. The van der Waals surface area contributed by atoms with E-state index in [2.05, 4.69) is 10.6 Å². The van der Waals surface area contributed by atoms with Crippen LogP contribution >= 0.6 is 0 Å². The Hall–Kier alpha value is -4.59. The van der Waals surface area contributed by atoms with E-state index in [1.165, 1.54) is 0 Å². The van der Waals surface area contributed by atoms with Gasteiger partial charge in [0.25, 0.3) is 5.91 Å². The molecule has 3 aromatic carbocycles. The predicted octanol–water partition coefficient (Wildman–Crippen LogP) is 3.79. The molecular weight excluding hydrogens is 690 g/mol. The lowest BCUT2D eigenvalue weighted by Crippen LogP contribution is -2.69. The van der Waals surface area contributed by atoms with Gasteiger partial charge in [0.2, 0.25) is 5.91 Å². The molecule has 2 bridgehead atoms. The number of nitrogens with one attached hydrogen (secondary N) is 2. The van der Waals surface area contributed by atoms with E-state index in [1.807, 2.05) is 54.6 Å². The number of amides is 2. The molecule has 0 spiro atoms. The van der Waals surface area contributed by atoms with Gasteiger partial charge in [-0.2, -0.15) is 5.06 Å². The molecule has 4 N–H and O–H groups in total. The topological polar surface area (TPSA) is 156 Å². The molecule has 0 aromatic heterocycles. The summed E-state index contributed by atoms with van der Waals surface area (Å²) in [5.41, 5.74) is 2.39. The second kappa shape index (κ2) is 13.9. The Kier molecular flexibility index (Phi) is 9.06. The molecule has 3 aliphatic carbocycles. The van der Waals surface area contributed by atoms with Gasteiger partial charge in [0.15, 0.2) is 11.8 Å². The van der Waals surface area contributed by atoms with Crippen LogP contribution in [-0.2, 0) is 48.1 Å². The molecule has 6 fully saturated rings. The standard InChI is InChI=1S/C42H45N3O9/c46-20-19-43-38(48)28-13-5-7-25(21-28)23-44-40(50)41-22-33-34-35(53-42(52-34,30-15-16-30)31-17-18-31)37(41)54-45(36(41)39(49)51-33)24-29-10-2-1-8-26(29)11-6-12-27-9-3-4-14-32(27)47/h1-11,13-14,21,30-31,33-37,46-47H,12,15-20,22-24H2,(H,43,48)(H,44,50). The first-order valence-corrected chi connectivity index (χ1v) is 19.1. The minimum atomic E-state index is -1.33. The number of aromatic hydroxyl groups is 1. The molecule has 3 saturated heterocycles. The lowest BCUT2D eigenvalue weighted by atomic mass is 9.62. The molecule has 2 amide bonds. The number of benzene rings is 3. The van der Waals surface area contributed by atoms with Gasteiger partial charge in [0.1, 0.15) is 35.6 Å². The Balaban J connectivity index is 1.02. The van der Waals surface area contributed by atoms with E-state index in [-0.39, 0.29) is 62.1 Å². The number of hydroxylamine groups is 2. The highest BCUT2D eigenvalue weighted by atomic mass is 16.8. The van der Waals surface area contributed by atoms with Gasteiger partial charge >= 0.3 is 5.97 Å². The molecule has 3 aliphatic heterocycles. The first kappa shape index (κ1) is 35.1. The Morgan fingerprint density at radius 3 is 2.41 bits per heavy atom. The maximum absolute atomic E-state index is 14.8. The molecule has 3 aromatic rings. The van der Waals surface area contributed by atoms with Crippen molar-refractivity contribution >= 4 is 23.9 Å². The number of aliphatic hydroxyl groups is 1. The van der Waals surface area contributed by atoms with Crippen molar-refractivity contribution < 1.29 is 43.6 Å². The van der Waals surface area contributed by atoms with Crippen LogP contribution < -0.4 is 10.6 Å². The summed E-state index contributed by atoms with van der Waals surface area (Å²) >= 11 is 0. The number of esters is 1. The number of carbonyl (C=O) groups is 3. The number of ether oxygens (including phenoxy) is 3. The van der Waals surface area contributed by atoms with E-state index in [0.29, 0.717) is 17.5 Å². The average Bonchev–Trinajstić information content (AvgIpc) is 4.13. The Labute approximate surface area is 313 Å². The van der Waals surface area contributed by atoms with E-state index in [4.69, 9.17) is 24.2 Å². The summed E-state index contributed by atoms with van der Waals surface area (Å²) in [5, 5.41) is 26.8. The van der Waals surface area contributed by atoms with Crippen molar-refractivity contribution in [2.24, 2.45) is 17.3 Å². The summed E-state index contributed by atoms with van der Waals surface area (Å²) in [4.78, 5) is 48.5. The lowest BCUT2D eigenvalue weighted by molar-refractivity contribution is -0.235. The van der Waals surface area contributed by atoms with E-state index in [1.54, 1.807) is 35.4 Å². The second-order valence-electron chi connectivity index (χ2n) is 15.5. The monoisotopic (exact) mass is 735 g/mol. The number of hydrogen-bond donors (Lipinski definition) is 4. The third kappa shape index (κ3) is 6.10. The van der Waals surface area contributed by atoms with Crippen LogP contribution in [0.25, 0.3) is 6.08 Å². The Bertz CT molecular complexity index is 1970. The maximum Gasteiger partial charge on any atom is 0.327 e. The SMILES string of the molecule is O=C(NCCO)c1cccc(CNC(=O)C23CC4OC(=O)C2N(Cc2ccccc2C=CCc2ccccc2O)OC3C2OC(C3CC3)(C3CC3)OC42)c1. The smallest absolute Gasteiger partial charge is 0.327 e. The number of allylic oxidation sites excluding steroid dienone is 1. The molecule has 3 heterocycles. The van der Waals surface area contributed by atoms with Gasteiger partial charge in [-0.1, -0.05) is 66.7 Å². The minimum absolute atomic E-state index is 0.116. The van der Waals surface area contributed by atoms with Gasteiger partial charge in [0, 0.05) is 36.9 Å². The number of hydrogen-bond acceptors (Lipinski definition) is 10. The number of phenolic OH excluding ortho intramolecular Hbond substituents is 1. The Morgan fingerprint density at radius 2 is 1.65 bits per heavy atom. The Morgan fingerprint density at radius 1 is 0.907 bits per heavy atom. The van der Waals surface area contributed by atoms with Crippen molar-refractivity contribution in [1.29, 1.82) is 0 Å². The molecule has 6 unspecified atom stereocenters. The molecule has 9 rings (SSSR count). The predicted molar refractivity (Wildman–Crippen MR) is 194 cm³/mol. The van der Waals surface area contributed by atoms with Crippen LogP contribution in [0.4, 0.5) is 0 Å². The molecule has 6 atom stereocenters. The molecular formula is C42H45N3O9. The molecule has 6 aliphatic rings. The largest absolute Gasteiger partial charge is 0.508 e. The van der Waals surface area contributed by atoms with Gasteiger partial charge in [-0.15, -0.1) is 0 Å². The second-order valence-corrected chi connectivity index (χ2v) is 15.5. The molecule has 282 valence electrons. The summed E-state index contributed by atoms with van der Waals surface area (Å²) in [5.74, 6) is -1.19. The van der Waals surface area contributed by atoms with E-state index >= 15 is 0 Å². The summed E-state index contributed by atoms with van der Waals surface area (Å²) in [6.07, 6.45) is 6.11. The average molecular weight is 736 g/mol. The first-order valence-electron chi connectivity index (χ1n) is 19.1. The third-order valence-electron chi connectivity index (χ3n) is 12.0. The van der Waals surface area contributed by atoms with Crippen molar-refractivity contribution in [2.75, 3.05) is 13.2 Å². The van der Waals surface area contributed by atoms with Crippen LogP contribution in [0.3, 0.4) is 0 Å². The van der Waals surface area contributed by atoms with Gasteiger partial charge in [-0.05, 0) is 72.6 Å². The van der Waals surface area contributed by atoms with Crippen LogP contribution in [0, 0.1) is 17.3 Å². The number of nitrogens with zero attached hydrogens (tertiary/aromatic N) is 1. The number of rotatable bonds is 13. The van der Waals surface area contributed by atoms with Crippen LogP contribution in [0.15, 0.2) is 78.9 Å². The van der Waals surface area contributed by atoms with E-state index < -0.39 is 47.6 Å². The summed E-state index contributed by atoms with van der Waals surface area (Å²) in [7, 11) is 0. The summed E-state index contributed by atoms with van der Waals surface area (Å²) in [6, 6.07) is 21.0. The normalized spacial score (nSPS) is 29.5. The molecule has 3 saturated carbocycles. The number of aliphatic hydroxyl groups excluding tert-OH is 1. The molecule has 12 nitrogen and oxygen atoms in total. The van der Waals surface area contributed by atoms with Crippen molar-refractivity contribution in [1.82, 2.24) is 15.7 Å². The lowest BCUT2D eigenvalue weighted by Gasteiger charge is -2.48. The number of fused-ring (bicyclic) bond motifs is 4. The van der Waals surface area contributed by atoms with Gasteiger partial charge < -0.3 is 35.1 Å². The quantitative estimate of drug-likeness (QED) is 0.191. The van der Waals surface area contributed by atoms with Crippen LogP contribution in [-0.4, -0.2) is 82.5 Å². The summed E-state index contributed by atoms with van der Waals surface area (Å²) < 4.78 is 20.0. The van der Waals surface area contributed by atoms with Gasteiger partial charge in [-0.3, -0.25) is 19.2 Å². The van der Waals surface area contributed by atoms with Gasteiger partial charge in [0.05, 0.1) is 13.2 Å². The summed E-state index contributed by atoms with van der Waals surface area (Å²) in [6.45, 7) is 0.279. The zero-order valence-corrected chi connectivity index (χ0v) is 29.9. The molecule has 12 heteroatoms. The van der Waals surface area contributed by atoms with Crippen molar-refractivity contribution in [3.63, 3.8) is 0 Å². The van der Waals surface area contributed by atoms with E-state index in [0.717, 1.165) is 42.4 Å². The highest BCUT2D eigenvalue weighted by molar-refractivity contribution is 5.95. The van der Waals surface area contributed by atoms with Gasteiger partial charge in [-0.25, -0.2) is 0 Å². The van der Waals surface area contributed by atoms with Crippen molar-refractivity contribution in [2.45, 2.75) is 87.9 Å². The van der Waals surface area contributed by atoms with Crippen LogP contribution in [0.1, 0.15) is 64.7 Å². The zero-order chi connectivity index (χ0) is 37.0. The molecule has 54 heavy (non-hydrogen) atoms. The third-order valence-corrected chi connectivity index (χ3v) is 12.0. The molecule has 0 radical (unpaired) electrons. The highest BCUT2D eigenvalue weighted by Crippen LogP contribution is 2.63. The minimum Gasteiger partial charge on any atom is -0.508 e. The highest BCUT2D eigenvalue weighted by Gasteiger charge is 2.78. The fourth-order valence-corrected chi connectivity index (χ4v) is 9.11. The number of phenols is 1. The van der Waals surface area contributed by atoms with Crippen molar-refractivity contribution in [3.05, 3.63) is 107 Å². The fraction of sp³-hybridized carbons (Fsp3) is 0.452. The van der Waals surface area contributed by atoms with E-state index in [9.17, 15) is 19.5 Å². The fourth-order valence-electron chi connectivity index (χ4n) is 9.11. The van der Waals surface area contributed by atoms with Crippen LogP contribution in [0.2, 0.25) is 0 Å². The first-order chi connectivity index (χ1) is 26.3. The van der Waals surface area contributed by atoms with Crippen LogP contribution in [0.5, 0.6) is 5.75 Å². The zero-order valence-electron chi connectivity index (χ0n) is 29.9. The van der Waals surface area contributed by atoms with Crippen molar-refractivity contribution in [3.8, 4) is 5.75 Å². The maximum atomic E-state index is 14.8.